The summed E-state index contributed by atoms with van der Waals surface area (Å²) in [4.78, 5) is 27.0. The molecule has 1 amide bonds. The second-order valence-corrected chi connectivity index (χ2v) is 9.80. The van der Waals surface area contributed by atoms with Crippen LogP contribution in [0.25, 0.3) is 0 Å². The maximum Gasteiger partial charge on any atom is 0.335 e. The normalized spacial score (nSPS) is 14.2. The van der Waals surface area contributed by atoms with E-state index in [1.807, 2.05) is 6.92 Å². The minimum Gasteiger partial charge on any atom is -0.478 e. The van der Waals surface area contributed by atoms with E-state index in [-0.39, 0.29) is 23.3 Å². The fraction of sp³-hybridized carbons (Fsp3) is 0.333. The number of halogens is 1. The number of carboxylic acid groups (broad SMARTS) is 1. The third kappa shape index (κ3) is 5.50. The molecule has 4 nitrogen and oxygen atoms in total. The van der Waals surface area contributed by atoms with Crippen molar-refractivity contribution in [1.82, 2.24) is 5.32 Å². The average molecular weight is 466 g/mol. The predicted molar refractivity (Wildman–Crippen MR) is 129 cm³/mol. The zero-order valence-corrected chi connectivity index (χ0v) is 19.5. The maximum atomic E-state index is 13.5. The number of rotatable bonds is 7. The first-order valence-electron chi connectivity index (χ1n) is 11.4. The van der Waals surface area contributed by atoms with E-state index < -0.39 is 5.97 Å². The molecule has 1 atom stereocenters. The predicted octanol–water partition coefficient (Wildman–Crippen LogP) is 6.13. The van der Waals surface area contributed by atoms with E-state index in [1.54, 1.807) is 47.7 Å². The molecular formula is C27H28FNO3S. The van der Waals surface area contributed by atoms with E-state index >= 15 is 0 Å². The molecule has 1 aliphatic carbocycles. The van der Waals surface area contributed by atoms with E-state index in [1.165, 1.54) is 29.0 Å². The molecule has 172 valence electrons. The fourth-order valence-electron chi connectivity index (χ4n) is 4.41. The lowest BCUT2D eigenvalue weighted by atomic mass is 9.99. The number of thiophene rings is 1. The van der Waals surface area contributed by atoms with Crippen LogP contribution in [0, 0.1) is 5.82 Å². The molecular weight excluding hydrogens is 437 g/mol. The van der Waals surface area contributed by atoms with E-state index in [4.69, 9.17) is 5.11 Å². The lowest BCUT2D eigenvalue weighted by molar-refractivity contribution is 0.0696. The first kappa shape index (κ1) is 23.2. The van der Waals surface area contributed by atoms with Crippen LogP contribution < -0.4 is 5.32 Å². The van der Waals surface area contributed by atoms with Crippen molar-refractivity contribution in [2.75, 3.05) is 0 Å². The first-order valence-corrected chi connectivity index (χ1v) is 12.3. The van der Waals surface area contributed by atoms with E-state index in [0.717, 1.165) is 60.1 Å². The molecule has 6 heteroatoms. The van der Waals surface area contributed by atoms with Crippen molar-refractivity contribution in [3.05, 3.63) is 91.9 Å². The van der Waals surface area contributed by atoms with Crippen LogP contribution in [0.3, 0.4) is 0 Å². The molecule has 1 aliphatic rings. The fourth-order valence-corrected chi connectivity index (χ4v) is 5.81. The van der Waals surface area contributed by atoms with Gasteiger partial charge < -0.3 is 10.4 Å². The maximum absolute atomic E-state index is 13.5. The summed E-state index contributed by atoms with van der Waals surface area (Å²) in [5, 5.41) is 12.2. The van der Waals surface area contributed by atoms with Gasteiger partial charge in [-0.1, -0.05) is 30.7 Å². The molecule has 0 bridgehead atoms. The van der Waals surface area contributed by atoms with Gasteiger partial charge in [0.2, 0.25) is 0 Å². The summed E-state index contributed by atoms with van der Waals surface area (Å²) >= 11 is 1.75. The van der Waals surface area contributed by atoms with Gasteiger partial charge in [0.25, 0.3) is 5.91 Å². The van der Waals surface area contributed by atoms with Crippen LogP contribution in [0.2, 0.25) is 0 Å². The number of amides is 1. The third-order valence-corrected chi connectivity index (χ3v) is 7.63. The molecule has 2 aromatic carbocycles. The van der Waals surface area contributed by atoms with Crippen LogP contribution in [0.1, 0.15) is 79.4 Å². The Labute approximate surface area is 197 Å². The van der Waals surface area contributed by atoms with Gasteiger partial charge in [-0.3, -0.25) is 4.79 Å². The van der Waals surface area contributed by atoms with Gasteiger partial charge in [0.05, 0.1) is 17.2 Å². The Morgan fingerprint density at radius 2 is 1.70 bits per heavy atom. The number of hydrogen-bond donors (Lipinski definition) is 2. The standard InChI is InChI=1S/C27H28FNO3S/c1-17(19-10-12-20(13-11-19)27(31)32)29-26(30)25-22-5-3-2-4-6-23(22)33-24(25)16-9-18-7-14-21(28)15-8-18/h7-8,10-15,17H,2-6,9,16H2,1H3,(H,29,30)(H,31,32)/t17-/m0/s1. The van der Waals surface area contributed by atoms with Crippen LogP contribution in [0.4, 0.5) is 4.39 Å². The molecule has 2 N–H and O–H groups in total. The monoisotopic (exact) mass is 465 g/mol. The van der Waals surface area contributed by atoms with Crippen molar-refractivity contribution in [2.24, 2.45) is 0 Å². The highest BCUT2D eigenvalue weighted by molar-refractivity contribution is 7.12. The molecule has 1 aromatic heterocycles. The Bertz CT molecular complexity index is 1140. The summed E-state index contributed by atoms with van der Waals surface area (Å²) in [5.41, 5.74) is 4.15. The summed E-state index contributed by atoms with van der Waals surface area (Å²) in [7, 11) is 0. The third-order valence-electron chi connectivity index (χ3n) is 6.28. The highest BCUT2D eigenvalue weighted by Crippen LogP contribution is 2.35. The Hall–Kier alpha value is -2.99. The number of carbonyl (C=O) groups is 2. The van der Waals surface area contributed by atoms with Gasteiger partial charge >= 0.3 is 5.97 Å². The summed E-state index contributed by atoms with van der Waals surface area (Å²) in [6.07, 6.45) is 6.86. The summed E-state index contributed by atoms with van der Waals surface area (Å²) in [5.74, 6) is -1.28. The summed E-state index contributed by atoms with van der Waals surface area (Å²) < 4.78 is 13.3. The summed E-state index contributed by atoms with van der Waals surface area (Å²) in [6.45, 7) is 1.91. The van der Waals surface area contributed by atoms with Crippen LogP contribution >= 0.6 is 11.3 Å². The van der Waals surface area contributed by atoms with Crippen molar-refractivity contribution >= 4 is 23.2 Å². The van der Waals surface area contributed by atoms with E-state index in [2.05, 4.69) is 5.32 Å². The SMILES string of the molecule is C[C@H](NC(=O)c1c(CCc2ccc(F)cc2)sc2c1CCCCC2)c1ccc(C(=O)O)cc1. The Kier molecular flexibility index (Phi) is 7.23. The van der Waals surface area contributed by atoms with Gasteiger partial charge in [0.15, 0.2) is 0 Å². The molecule has 3 aromatic rings. The number of aromatic carboxylic acids is 1. The molecule has 0 saturated heterocycles. The largest absolute Gasteiger partial charge is 0.478 e. The van der Waals surface area contributed by atoms with E-state index in [9.17, 15) is 14.0 Å². The van der Waals surface area contributed by atoms with Crippen molar-refractivity contribution < 1.29 is 19.1 Å². The summed E-state index contributed by atoms with van der Waals surface area (Å²) in [6, 6.07) is 12.9. The Balaban J connectivity index is 1.56. The number of benzene rings is 2. The Morgan fingerprint density at radius 3 is 2.39 bits per heavy atom. The number of hydrogen-bond acceptors (Lipinski definition) is 3. The molecule has 33 heavy (non-hydrogen) atoms. The molecule has 0 aliphatic heterocycles. The van der Waals surface area contributed by atoms with Gasteiger partial charge in [-0.15, -0.1) is 11.3 Å². The minimum atomic E-state index is -0.968. The zero-order chi connectivity index (χ0) is 23.4. The van der Waals surface area contributed by atoms with Crippen molar-refractivity contribution in [3.63, 3.8) is 0 Å². The lowest BCUT2D eigenvalue weighted by Gasteiger charge is -2.16. The van der Waals surface area contributed by atoms with Crippen molar-refractivity contribution in [2.45, 2.75) is 57.9 Å². The second kappa shape index (κ2) is 10.3. The smallest absolute Gasteiger partial charge is 0.335 e. The van der Waals surface area contributed by atoms with Crippen LogP contribution in [-0.4, -0.2) is 17.0 Å². The highest BCUT2D eigenvalue weighted by atomic mass is 32.1. The van der Waals surface area contributed by atoms with Crippen LogP contribution in [0.5, 0.6) is 0 Å². The topological polar surface area (TPSA) is 66.4 Å². The average Bonchev–Trinajstić information content (AvgIpc) is 2.99. The van der Waals surface area contributed by atoms with Gasteiger partial charge in [0, 0.05) is 9.75 Å². The zero-order valence-electron chi connectivity index (χ0n) is 18.7. The van der Waals surface area contributed by atoms with Crippen LogP contribution in [-0.2, 0) is 25.7 Å². The molecule has 0 fully saturated rings. The number of aryl methyl sites for hydroxylation is 3. The van der Waals surface area contributed by atoms with Crippen molar-refractivity contribution in [3.8, 4) is 0 Å². The number of nitrogens with one attached hydrogen (secondary N) is 1. The van der Waals surface area contributed by atoms with Crippen LogP contribution in [0.15, 0.2) is 48.5 Å². The number of carbonyl (C=O) groups excluding carboxylic acids is 1. The molecule has 0 saturated carbocycles. The lowest BCUT2D eigenvalue weighted by Crippen LogP contribution is -2.28. The molecule has 1 heterocycles. The molecule has 0 radical (unpaired) electrons. The number of fused-ring (bicyclic) bond motifs is 1. The van der Waals surface area contributed by atoms with Gasteiger partial charge in [-0.2, -0.15) is 0 Å². The first-order chi connectivity index (χ1) is 15.9. The van der Waals surface area contributed by atoms with Gasteiger partial charge in [-0.05, 0) is 86.4 Å². The quantitative estimate of drug-likeness (QED) is 0.413. The highest BCUT2D eigenvalue weighted by Gasteiger charge is 2.25. The van der Waals surface area contributed by atoms with Gasteiger partial charge in [0.1, 0.15) is 5.82 Å². The second-order valence-electron chi connectivity index (χ2n) is 8.61. The molecule has 0 spiro atoms. The van der Waals surface area contributed by atoms with E-state index in [0.29, 0.717) is 0 Å². The molecule has 4 rings (SSSR count). The minimum absolute atomic E-state index is 0.0710. The number of carboxylic acids is 1. The molecule has 0 unspecified atom stereocenters. The Morgan fingerprint density at radius 1 is 1.00 bits per heavy atom. The van der Waals surface area contributed by atoms with Crippen molar-refractivity contribution in [1.29, 1.82) is 0 Å². The van der Waals surface area contributed by atoms with Gasteiger partial charge in [-0.25, -0.2) is 9.18 Å².